The summed E-state index contributed by atoms with van der Waals surface area (Å²) in [4.78, 5) is 14.5. The fourth-order valence-electron chi connectivity index (χ4n) is 3.49. The lowest BCUT2D eigenvalue weighted by Gasteiger charge is -2.18. The Balaban J connectivity index is 1.96. The Morgan fingerprint density at radius 2 is 1.79 bits per heavy atom. The zero-order valence-corrected chi connectivity index (χ0v) is 17.7. The zero-order chi connectivity index (χ0) is 20.8. The first-order valence-electron chi connectivity index (χ1n) is 10.2. The van der Waals surface area contributed by atoms with E-state index in [-0.39, 0.29) is 5.91 Å². The average Bonchev–Trinajstić information content (AvgIpc) is 3.03. The third-order valence-corrected chi connectivity index (χ3v) is 5.04. The van der Waals surface area contributed by atoms with Crippen molar-refractivity contribution in [1.29, 1.82) is 0 Å². The van der Waals surface area contributed by atoms with Crippen molar-refractivity contribution < 1.29 is 9.53 Å². The summed E-state index contributed by atoms with van der Waals surface area (Å²) in [7, 11) is 1.88. The molecule has 1 aromatic heterocycles. The van der Waals surface area contributed by atoms with Crippen LogP contribution in [0.3, 0.4) is 0 Å². The molecule has 3 aromatic rings. The Bertz CT molecular complexity index is 960. The summed E-state index contributed by atoms with van der Waals surface area (Å²) in [6.07, 6.45) is 1.01. The van der Waals surface area contributed by atoms with Crippen LogP contribution in [-0.4, -0.2) is 33.7 Å². The van der Waals surface area contributed by atoms with Crippen molar-refractivity contribution in [3.63, 3.8) is 0 Å². The summed E-state index contributed by atoms with van der Waals surface area (Å²) in [6, 6.07) is 18.0. The van der Waals surface area contributed by atoms with E-state index in [1.807, 2.05) is 87.3 Å². The number of hydrogen-bond donors (Lipinski definition) is 0. The first kappa shape index (κ1) is 20.6. The fourth-order valence-corrected chi connectivity index (χ4v) is 3.49. The van der Waals surface area contributed by atoms with Crippen molar-refractivity contribution in [1.82, 2.24) is 14.7 Å². The summed E-state index contributed by atoms with van der Waals surface area (Å²) in [5, 5.41) is 4.73. The number of aromatic nitrogens is 2. The number of amides is 1. The van der Waals surface area contributed by atoms with Gasteiger partial charge in [0, 0.05) is 37.7 Å². The van der Waals surface area contributed by atoms with Crippen LogP contribution in [0, 0.1) is 6.92 Å². The Morgan fingerprint density at radius 3 is 2.45 bits per heavy atom. The molecule has 5 nitrogen and oxygen atoms in total. The van der Waals surface area contributed by atoms with Crippen molar-refractivity contribution in [3.8, 4) is 22.9 Å². The molecule has 0 aliphatic heterocycles. The van der Waals surface area contributed by atoms with E-state index in [0.717, 1.165) is 41.2 Å². The number of benzene rings is 2. The second-order valence-corrected chi connectivity index (χ2v) is 7.11. The minimum absolute atomic E-state index is 0.152. The molecule has 0 unspecified atom stereocenters. The number of aryl methyl sites for hydroxylation is 2. The number of hydrogen-bond acceptors (Lipinski definition) is 3. The maximum atomic E-state index is 12.6. The van der Waals surface area contributed by atoms with E-state index in [0.29, 0.717) is 18.7 Å². The summed E-state index contributed by atoms with van der Waals surface area (Å²) < 4.78 is 8.01. The first-order chi connectivity index (χ1) is 14.0. The summed E-state index contributed by atoms with van der Waals surface area (Å²) in [5.74, 6) is 1.60. The maximum Gasteiger partial charge on any atom is 0.222 e. The lowest BCUT2D eigenvalue weighted by Crippen LogP contribution is -2.30. The predicted molar refractivity (Wildman–Crippen MR) is 116 cm³/mol. The Hall–Kier alpha value is -3.08. The van der Waals surface area contributed by atoms with Gasteiger partial charge in [0.15, 0.2) is 0 Å². The van der Waals surface area contributed by atoms with E-state index in [1.54, 1.807) is 4.68 Å². The molecule has 0 fully saturated rings. The van der Waals surface area contributed by atoms with Crippen LogP contribution >= 0.6 is 0 Å². The minimum atomic E-state index is 0.152. The number of rotatable bonds is 8. The van der Waals surface area contributed by atoms with Gasteiger partial charge in [0.2, 0.25) is 11.8 Å². The van der Waals surface area contributed by atoms with Gasteiger partial charge in [-0.2, -0.15) is 5.10 Å². The second-order valence-electron chi connectivity index (χ2n) is 7.11. The van der Waals surface area contributed by atoms with Gasteiger partial charge in [0.25, 0.3) is 0 Å². The molecule has 29 heavy (non-hydrogen) atoms. The molecule has 0 N–H and O–H groups in total. The highest BCUT2D eigenvalue weighted by molar-refractivity contribution is 5.77. The topological polar surface area (TPSA) is 47.4 Å². The zero-order valence-electron chi connectivity index (χ0n) is 17.7. The monoisotopic (exact) mass is 391 g/mol. The van der Waals surface area contributed by atoms with Gasteiger partial charge in [-0.1, -0.05) is 42.5 Å². The minimum Gasteiger partial charge on any atom is -0.439 e. The molecule has 0 bridgehead atoms. The first-order valence-corrected chi connectivity index (χ1v) is 10.2. The number of carbonyl (C=O) groups excluding carboxylic acids is 1. The molecule has 0 aliphatic rings. The predicted octanol–water partition coefficient (Wildman–Crippen LogP) is 4.99. The van der Waals surface area contributed by atoms with Crippen molar-refractivity contribution in [2.45, 2.75) is 33.6 Å². The Labute approximate surface area is 172 Å². The summed E-state index contributed by atoms with van der Waals surface area (Å²) in [5.41, 5.74) is 3.97. The molecule has 0 radical (unpaired) electrons. The van der Waals surface area contributed by atoms with E-state index in [2.05, 4.69) is 0 Å². The molecular weight excluding hydrogens is 362 g/mol. The van der Waals surface area contributed by atoms with Crippen molar-refractivity contribution in [3.05, 3.63) is 65.7 Å². The third kappa shape index (κ3) is 4.86. The van der Waals surface area contributed by atoms with Gasteiger partial charge >= 0.3 is 0 Å². The van der Waals surface area contributed by atoms with Gasteiger partial charge in [-0.3, -0.25) is 4.79 Å². The molecule has 0 saturated heterocycles. The van der Waals surface area contributed by atoms with Crippen LogP contribution in [0.5, 0.6) is 11.6 Å². The van der Waals surface area contributed by atoms with Gasteiger partial charge in [0.1, 0.15) is 5.75 Å². The smallest absolute Gasteiger partial charge is 0.222 e. The van der Waals surface area contributed by atoms with E-state index in [9.17, 15) is 4.79 Å². The molecule has 1 heterocycles. The van der Waals surface area contributed by atoms with Crippen LogP contribution in [-0.2, 0) is 18.3 Å². The summed E-state index contributed by atoms with van der Waals surface area (Å²) >= 11 is 0. The van der Waals surface area contributed by atoms with Crippen molar-refractivity contribution >= 4 is 5.91 Å². The summed E-state index contributed by atoms with van der Waals surface area (Å²) in [6.45, 7) is 7.50. The quantitative estimate of drug-likeness (QED) is 0.543. The normalized spacial score (nSPS) is 10.8. The SMILES string of the molecule is CCN(CC)C(=O)CCc1c(-c2ccccc2)nn(C)c1Oc1cccc(C)c1. The van der Waals surface area contributed by atoms with Crippen LogP contribution in [0.1, 0.15) is 31.4 Å². The van der Waals surface area contributed by atoms with Gasteiger partial charge < -0.3 is 9.64 Å². The molecule has 152 valence electrons. The lowest BCUT2D eigenvalue weighted by atomic mass is 10.0. The molecule has 0 atom stereocenters. The number of carbonyl (C=O) groups is 1. The van der Waals surface area contributed by atoms with Gasteiger partial charge in [-0.05, 0) is 44.9 Å². The van der Waals surface area contributed by atoms with E-state index >= 15 is 0 Å². The second kappa shape index (κ2) is 9.41. The Kier molecular flexibility index (Phi) is 6.70. The van der Waals surface area contributed by atoms with Crippen LogP contribution < -0.4 is 4.74 Å². The number of nitrogens with zero attached hydrogens (tertiary/aromatic N) is 3. The van der Waals surface area contributed by atoms with Crippen LogP contribution in [0.25, 0.3) is 11.3 Å². The Morgan fingerprint density at radius 1 is 1.07 bits per heavy atom. The molecule has 0 saturated carbocycles. The fraction of sp³-hybridized carbons (Fsp3) is 0.333. The molecular formula is C24H29N3O2. The van der Waals surface area contributed by atoms with E-state index in [1.165, 1.54) is 0 Å². The van der Waals surface area contributed by atoms with Crippen LogP contribution in [0.15, 0.2) is 54.6 Å². The third-order valence-electron chi connectivity index (χ3n) is 5.04. The highest BCUT2D eigenvalue weighted by Gasteiger charge is 2.21. The van der Waals surface area contributed by atoms with Gasteiger partial charge in [-0.25, -0.2) is 4.68 Å². The lowest BCUT2D eigenvalue weighted by molar-refractivity contribution is -0.130. The standard InChI is InChI=1S/C24H29N3O2/c1-5-27(6-2)22(28)16-15-21-23(19-12-8-7-9-13-19)25-26(4)24(21)29-20-14-10-11-18(3)17-20/h7-14,17H,5-6,15-16H2,1-4H3. The van der Waals surface area contributed by atoms with Gasteiger partial charge in [0.05, 0.1) is 5.69 Å². The van der Waals surface area contributed by atoms with E-state index < -0.39 is 0 Å². The molecule has 2 aromatic carbocycles. The molecule has 0 spiro atoms. The molecule has 5 heteroatoms. The number of ether oxygens (including phenoxy) is 1. The largest absolute Gasteiger partial charge is 0.439 e. The van der Waals surface area contributed by atoms with Gasteiger partial charge in [-0.15, -0.1) is 0 Å². The maximum absolute atomic E-state index is 12.6. The molecule has 1 amide bonds. The van der Waals surface area contributed by atoms with Crippen molar-refractivity contribution in [2.75, 3.05) is 13.1 Å². The highest BCUT2D eigenvalue weighted by atomic mass is 16.5. The average molecular weight is 392 g/mol. The van der Waals surface area contributed by atoms with Crippen LogP contribution in [0.2, 0.25) is 0 Å². The highest BCUT2D eigenvalue weighted by Crippen LogP contribution is 2.34. The molecule has 0 aliphatic carbocycles. The van der Waals surface area contributed by atoms with Crippen molar-refractivity contribution in [2.24, 2.45) is 7.05 Å². The molecule has 3 rings (SSSR count). The van der Waals surface area contributed by atoms with E-state index in [4.69, 9.17) is 9.84 Å². The van der Waals surface area contributed by atoms with Crippen LogP contribution in [0.4, 0.5) is 0 Å².